The Kier molecular flexibility index (Phi) is 5.84. The molecule has 0 radical (unpaired) electrons. The van der Waals surface area contributed by atoms with Crippen LogP contribution in [0.1, 0.15) is 55.0 Å². The van der Waals surface area contributed by atoms with Gasteiger partial charge in [0.2, 0.25) is 0 Å². The summed E-state index contributed by atoms with van der Waals surface area (Å²) in [6.07, 6.45) is 12.6. The second-order valence-corrected chi connectivity index (χ2v) is 8.89. The average molecular weight is 427 g/mol. The largest absolute Gasteiger partial charge is 0.356 e. The Morgan fingerprint density at radius 2 is 1.75 bits per heavy atom. The van der Waals surface area contributed by atoms with Crippen LogP contribution in [0.15, 0.2) is 55.1 Å². The standard InChI is InChI=1S/C26H30N6/c1-3-20-4-8-27-22(14-20)17-24-29-23(15-21-7-12-32-13-9-28-25(32)16-21)18-26(30-24)31-10-5-19(2)6-11-31/h4,7-9,12-14,16,18-19H,3,5-6,10-11,15,17H2,1-2H3. The van der Waals surface area contributed by atoms with E-state index in [1.54, 1.807) is 0 Å². The molecule has 0 amide bonds. The summed E-state index contributed by atoms with van der Waals surface area (Å²) in [6, 6.07) is 10.7. The van der Waals surface area contributed by atoms with Gasteiger partial charge in [0, 0.05) is 56.1 Å². The van der Waals surface area contributed by atoms with Crippen LogP contribution in [-0.4, -0.2) is 37.4 Å². The molecule has 0 N–H and O–H groups in total. The highest BCUT2D eigenvalue weighted by molar-refractivity contribution is 5.45. The van der Waals surface area contributed by atoms with Gasteiger partial charge in [0.05, 0.1) is 12.1 Å². The number of hydrogen-bond acceptors (Lipinski definition) is 5. The zero-order valence-corrected chi connectivity index (χ0v) is 18.9. The molecule has 5 rings (SSSR count). The van der Waals surface area contributed by atoms with Crippen molar-refractivity contribution in [1.82, 2.24) is 24.3 Å². The van der Waals surface area contributed by atoms with Crippen LogP contribution in [0.3, 0.4) is 0 Å². The molecule has 164 valence electrons. The molecule has 6 heteroatoms. The van der Waals surface area contributed by atoms with Crippen molar-refractivity contribution >= 4 is 11.5 Å². The van der Waals surface area contributed by atoms with Crippen LogP contribution in [0.25, 0.3) is 5.65 Å². The van der Waals surface area contributed by atoms with Gasteiger partial charge in [-0.25, -0.2) is 15.0 Å². The number of piperidine rings is 1. The molecule has 1 aliphatic heterocycles. The van der Waals surface area contributed by atoms with Gasteiger partial charge in [0.1, 0.15) is 17.3 Å². The molecule has 0 spiro atoms. The van der Waals surface area contributed by atoms with Crippen molar-refractivity contribution in [3.8, 4) is 0 Å². The molecular weight excluding hydrogens is 396 g/mol. The maximum Gasteiger partial charge on any atom is 0.136 e. The van der Waals surface area contributed by atoms with Gasteiger partial charge in [-0.2, -0.15) is 0 Å². The number of fused-ring (bicyclic) bond motifs is 1. The predicted molar refractivity (Wildman–Crippen MR) is 127 cm³/mol. The fourth-order valence-electron chi connectivity index (χ4n) is 4.38. The molecule has 4 aromatic heterocycles. The SMILES string of the molecule is CCc1ccnc(Cc2nc(Cc3ccn4ccnc4c3)cc(N3CCC(C)CC3)n2)c1. The van der Waals surface area contributed by atoms with E-state index in [-0.39, 0.29) is 0 Å². The lowest BCUT2D eigenvalue weighted by Crippen LogP contribution is -2.33. The minimum Gasteiger partial charge on any atom is -0.356 e. The minimum atomic E-state index is 0.651. The van der Waals surface area contributed by atoms with Gasteiger partial charge in [-0.05, 0) is 60.6 Å². The van der Waals surface area contributed by atoms with Crippen molar-refractivity contribution in [2.24, 2.45) is 5.92 Å². The van der Waals surface area contributed by atoms with Gasteiger partial charge < -0.3 is 9.30 Å². The molecule has 32 heavy (non-hydrogen) atoms. The highest BCUT2D eigenvalue weighted by atomic mass is 15.2. The Morgan fingerprint density at radius 3 is 2.59 bits per heavy atom. The monoisotopic (exact) mass is 426 g/mol. The zero-order valence-electron chi connectivity index (χ0n) is 18.9. The number of hydrogen-bond donors (Lipinski definition) is 0. The average Bonchev–Trinajstić information content (AvgIpc) is 3.27. The molecule has 5 heterocycles. The summed E-state index contributed by atoms with van der Waals surface area (Å²) in [7, 11) is 0. The molecule has 0 aromatic carbocycles. The molecule has 0 unspecified atom stereocenters. The smallest absolute Gasteiger partial charge is 0.136 e. The maximum atomic E-state index is 4.97. The minimum absolute atomic E-state index is 0.651. The van der Waals surface area contributed by atoms with Gasteiger partial charge in [-0.3, -0.25) is 4.98 Å². The third kappa shape index (κ3) is 4.64. The molecule has 0 bridgehead atoms. The molecule has 1 fully saturated rings. The van der Waals surface area contributed by atoms with E-state index in [9.17, 15) is 0 Å². The number of rotatable bonds is 6. The number of imidazole rings is 1. The van der Waals surface area contributed by atoms with Gasteiger partial charge in [0.25, 0.3) is 0 Å². The summed E-state index contributed by atoms with van der Waals surface area (Å²) in [5, 5.41) is 0. The van der Waals surface area contributed by atoms with Crippen molar-refractivity contribution in [2.45, 2.75) is 46.0 Å². The molecule has 4 aromatic rings. The van der Waals surface area contributed by atoms with E-state index in [0.717, 1.165) is 60.5 Å². The van der Waals surface area contributed by atoms with E-state index >= 15 is 0 Å². The van der Waals surface area contributed by atoms with Crippen LogP contribution >= 0.6 is 0 Å². The molecule has 1 aliphatic rings. The Balaban J connectivity index is 1.46. The van der Waals surface area contributed by atoms with Gasteiger partial charge in [-0.15, -0.1) is 0 Å². The van der Waals surface area contributed by atoms with E-state index in [4.69, 9.17) is 9.97 Å². The number of aryl methyl sites for hydroxylation is 1. The first-order valence-electron chi connectivity index (χ1n) is 11.6. The topological polar surface area (TPSA) is 59.2 Å². The van der Waals surface area contributed by atoms with Crippen LogP contribution < -0.4 is 4.90 Å². The number of nitrogens with zero attached hydrogens (tertiary/aromatic N) is 6. The number of aromatic nitrogens is 5. The predicted octanol–water partition coefficient (Wildman–Crippen LogP) is 4.50. The first kappa shape index (κ1) is 20.6. The van der Waals surface area contributed by atoms with E-state index in [2.05, 4.69) is 65.2 Å². The normalized spacial score (nSPS) is 14.9. The fraction of sp³-hybridized carbons (Fsp3) is 0.385. The Hall–Kier alpha value is -3.28. The van der Waals surface area contributed by atoms with E-state index < -0.39 is 0 Å². The molecule has 1 saturated heterocycles. The highest BCUT2D eigenvalue weighted by Crippen LogP contribution is 2.23. The Bertz CT molecular complexity index is 1210. The third-order valence-electron chi connectivity index (χ3n) is 6.40. The number of pyridine rings is 2. The van der Waals surface area contributed by atoms with Crippen molar-refractivity contribution in [2.75, 3.05) is 18.0 Å². The quantitative estimate of drug-likeness (QED) is 0.454. The summed E-state index contributed by atoms with van der Waals surface area (Å²) in [5.74, 6) is 2.68. The van der Waals surface area contributed by atoms with Crippen molar-refractivity contribution in [1.29, 1.82) is 0 Å². The maximum absolute atomic E-state index is 4.97. The Labute approximate surface area is 189 Å². The molecule has 0 aliphatic carbocycles. The van der Waals surface area contributed by atoms with Crippen LogP contribution in [0, 0.1) is 5.92 Å². The molecule has 0 saturated carbocycles. The van der Waals surface area contributed by atoms with Gasteiger partial charge in [-0.1, -0.05) is 13.8 Å². The first-order chi connectivity index (χ1) is 15.7. The van der Waals surface area contributed by atoms with Gasteiger partial charge in [0.15, 0.2) is 0 Å². The second kappa shape index (κ2) is 9.07. The van der Waals surface area contributed by atoms with E-state index in [0.29, 0.717) is 6.42 Å². The molecular formula is C26H30N6. The van der Waals surface area contributed by atoms with Crippen LogP contribution in [-0.2, 0) is 19.3 Å². The lowest BCUT2D eigenvalue weighted by molar-refractivity contribution is 0.436. The van der Waals surface area contributed by atoms with Gasteiger partial charge >= 0.3 is 0 Å². The van der Waals surface area contributed by atoms with Crippen LogP contribution in [0.2, 0.25) is 0 Å². The van der Waals surface area contributed by atoms with E-state index in [1.165, 1.54) is 24.0 Å². The lowest BCUT2D eigenvalue weighted by Gasteiger charge is -2.31. The van der Waals surface area contributed by atoms with Crippen molar-refractivity contribution < 1.29 is 0 Å². The lowest BCUT2D eigenvalue weighted by atomic mass is 9.99. The second-order valence-electron chi connectivity index (χ2n) is 8.89. The first-order valence-corrected chi connectivity index (χ1v) is 11.6. The zero-order chi connectivity index (χ0) is 21.9. The highest BCUT2D eigenvalue weighted by Gasteiger charge is 2.19. The van der Waals surface area contributed by atoms with E-state index in [1.807, 2.05) is 23.0 Å². The Morgan fingerprint density at radius 1 is 0.875 bits per heavy atom. The fourth-order valence-corrected chi connectivity index (χ4v) is 4.38. The van der Waals surface area contributed by atoms with Crippen LogP contribution in [0.5, 0.6) is 0 Å². The van der Waals surface area contributed by atoms with Crippen LogP contribution in [0.4, 0.5) is 5.82 Å². The molecule has 6 nitrogen and oxygen atoms in total. The van der Waals surface area contributed by atoms with Crippen molar-refractivity contribution in [3.05, 3.63) is 83.5 Å². The third-order valence-corrected chi connectivity index (χ3v) is 6.40. The summed E-state index contributed by atoms with van der Waals surface area (Å²) in [6.45, 7) is 6.62. The summed E-state index contributed by atoms with van der Waals surface area (Å²) < 4.78 is 2.03. The number of anilines is 1. The molecule has 0 atom stereocenters. The summed E-state index contributed by atoms with van der Waals surface area (Å²) in [5.41, 5.74) is 5.54. The van der Waals surface area contributed by atoms with Crippen molar-refractivity contribution in [3.63, 3.8) is 0 Å². The summed E-state index contributed by atoms with van der Waals surface area (Å²) in [4.78, 5) is 21.3. The summed E-state index contributed by atoms with van der Waals surface area (Å²) >= 11 is 0.